The van der Waals surface area contributed by atoms with Crippen molar-refractivity contribution in [1.29, 1.82) is 0 Å². The molecule has 0 amide bonds. The first-order valence-corrected chi connectivity index (χ1v) is 7.24. The summed E-state index contributed by atoms with van der Waals surface area (Å²) in [6.07, 6.45) is 15.0. The van der Waals surface area contributed by atoms with Gasteiger partial charge in [0.15, 0.2) is 5.96 Å². The highest BCUT2D eigenvalue weighted by molar-refractivity contribution is 5.80. The highest BCUT2D eigenvalue weighted by Crippen LogP contribution is 2.40. The van der Waals surface area contributed by atoms with Crippen molar-refractivity contribution in [3.8, 4) is 12.3 Å². The highest BCUT2D eigenvalue weighted by atomic mass is 15.2. The van der Waals surface area contributed by atoms with Crippen LogP contribution in [0.1, 0.15) is 44.9 Å². The van der Waals surface area contributed by atoms with Crippen LogP contribution in [0.4, 0.5) is 0 Å². The summed E-state index contributed by atoms with van der Waals surface area (Å²) in [5.41, 5.74) is 0. The maximum absolute atomic E-state index is 5.26. The van der Waals surface area contributed by atoms with Crippen LogP contribution in [-0.4, -0.2) is 25.6 Å². The smallest absolute Gasteiger partial charge is 0.191 e. The molecule has 0 aromatic rings. The zero-order valence-corrected chi connectivity index (χ0v) is 11.4. The van der Waals surface area contributed by atoms with Crippen molar-refractivity contribution in [2.24, 2.45) is 16.8 Å². The molecule has 0 heterocycles. The van der Waals surface area contributed by atoms with E-state index >= 15 is 0 Å². The fourth-order valence-electron chi connectivity index (χ4n) is 3.53. The molecule has 3 unspecified atom stereocenters. The second kappa shape index (κ2) is 6.68. The maximum Gasteiger partial charge on any atom is 0.191 e. The molecule has 0 bridgehead atoms. The van der Waals surface area contributed by atoms with Crippen molar-refractivity contribution in [1.82, 2.24) is 10.6 Å². The normalized spacial score (nSPS) is 32.2. The van der Waals surface area contributed by atoms with Crippen LogP contribution in [0.3, 0.4) is 0 Å². The molecular weight excluding hydrogens is 222 g/mol. The molecule has 18 heavy (non-hydrogen) atoms. The number of nitrogens with zero attached hydrogens (tertiary/aromatic N) is 1. The molecule has 0 aliphatic heterocycles. The largest absolute Gasteiger partial charge is 0.354 e. The van der Waals surface area contributed by atoms with Crippen LogP contribution in [0.15, 0.2) is 4.99 Å². The number of terminal acetylenes is 1. The van der Waals surface area contributed by atoms with Gasteiger partial charge in [0.1, 0.15) is 0 Å². The lowest BCUT2D eigenvalue weighted by molar-refractivity contribution is 0.150. The number of hydrogen-bond acceptors (Lipinski definition) is 1. The van der Waals surface area contributed by atoms with Gasteiger partial charge < -0.3 is 10.6 Å². The molecule has 0 aromatic carbocycles. The standard InChI is InChI=1S/C15H25N3/c1-3-10-17-15(16-2)18-14-9-8-12-6-4-5-7-13(12)11-14/h1,12-14H,4-11H2,2H3,(H2,16,17,18). The molecule has 2 aliphatic rings. The molecular formula is C15H25N3. The number of guanidine groups is 1. The average molecular weight is 247 g/mol. The molecule has 100 valence electrons. The van der Waals surface area contributed by atoms with E-state index in [0.717, 1.165) is 17.8 Å². The predicted molar refractivity (Wildman–Crippen MR) is 76.4 cm³/mol. The van der Waals surface area contributed by atoms with Crippen LogP contribution < -0.4 is 10.6 Å². The molecule has 2 N–H and O–H groups in total. The summed E-state index contributed by atoms with van der Waals surface area (Å²) in [4.78, 5) is 4.22. The Balaban J connectivity index is 1.81. The second-order valence-electron chi connectivity index (χ2n) is 5.59. The average Bonchev–Trinajstić information content (AvgIpc) is 2.43. The van der Waals surface area contributed by atoms with E-state index in [-0.39, 0.29) is 0 Å². The summed E-state index contributed by atoms with van der Waals surface area (Å²) >= 11 is 0. The SMILES string of the molecule is C#CCNC(=NC)NC1CCC2CCCCC2C1. The van der Waals surface area contributed by atoms with Crippen molar-refractivity contribution in [2.75, 3.05) is 13.6 Å². The van der Waals surface area contributed by atoms with Crippen LogP contribution in [0.2, 0.25) is 0 Å². The Kier molecular flexibility index (Phi) is 4.92. The van der Waals surface area contributed by atoms with Gasteiger partial charge >= 0.3 is 0 Å². The van der Waals surface area contributed by atoms with E-state index in [2.05, 4.69) is 21.5 Å². The number of rotatable bonds is 2. The fraction of sp³-hybridized carbons (Fsp3) is 0.800. The molecule has 2 rings (SSSR count). The van der Waals surface area contributed by atoms with Gasteiger partial charge in [-0.15, -0.1) is 6.42 Å². The molecule has 0 aromatic heterocycles. The Labute approximate surface area is 111 Å². The van der Waals surface area contributed by atoms with Crippen molar-refractivity contribution < 1.29 is 0 Å². The number of hydrogen-bond donors (Lipinski definition) is 2. The second-order valence-corrected chi connectivity index (χ2v) is 5.59. The first-order chi connectivity index (χ1) is 8.83. The minimum Gasteiger partial charge on any atom is -0.354 e. The van der Waals surface area contributed by atoms with Gasteiger partial charge in [-0.25, -0.2) is 0 Å². The predicted octanol–water partition coefficient (Wildman–Crippen LogP) is 2.14. The van der Waals surface area contributed by atoms with E-state index in [1.54, 1.807) is 7.05 Å². The van der Waals surface area contributed by atoms with E-state index in [9.17, 15) is 0 Å². The third-order valence-corrected chi connectivity index (χ3v) is 4.46. The van der Waals surface area contributed by atoms with Gasteiger partial charge in [-0.2, -0.15) is 0 Å². The van der Waals surface area contributed by atoms with E-state index in [1.165, 1.54) is 44.9 Å². The van der Waals surface area contributed by atoms with Gasteiger partial charge in [-0.3, -0.25) is 4.99 Å². The van der Waals surface area contributed by atoms with E-state index in [1.807, 2.05) is 0 Å². The monoisotopic (exact) mass is 247 g/mol. The van der Waals surface area contributed by atoms with E-state index in [4.69, 9.17) is 6.42 Å². The van der Waals surface area contributed by atoms with Crippen molar-refractivity contribution in [3.63, 3.8) is 0 Å². The molecule has 0 spiro atoms. The summed E-state index contributed by atoms with van der Waals surface area (Å²) in [7, 11) is 1.80. The molecule has 3 heteroatoms. The Bertz CT molecular complexity index is 329. The van der Waals surface area contributed by atoms with Gasteiger partial charge in [0.05, 0.1) is 6.54 Å². The number of nitrogens with one attached hydrogen (secondary N) is 2. The van der Waals surface area contributed by atoms with Gasteiger partial charge in [0, 0.05) is 13.1 Å². The zero-order chi connectivity index (χ0) is 12.8. The summed E-state index contributed by atoms with van der Waals surface area (Å²) in [5.74, 6) is 5.38. The van der Waals surface area contributed by atoms with Crippen LogP contribution in [0, 0.1) is 24.2 Å². The summed E-state index contributed by atoms with van der Waals surface area (Å²) in [6, 6.07) is 0.577. The third kappa shape index (κ3) is 3.41. The Morgan fingerprint density at radius 1 is 1.22 bits per heavy atom. The molecule has 3 nitrogen and oxygen atoms in total. The lowest BCUT2D eigenvalue weighted by atomic mass is 9.69. The first kappa shape index (κ1) is 13.3. The Morgan fingerprint density at radius 2 is 2.00 bits per heavy atom. The number of aliphatic imine (C=N–C) groups is 1. The molecule has 3 atom stereocenters. The first-order valence-electron chi connectivity index (χ1n) is 7.24. The minimum atomic E-state index is 0.540. The van der Waals surface area contributed by atoms with Crippen LogP contribution >= 0.6 is 0 Å². The van der Waals surface area contributed by atoms with Crippen molar-refractivity contribution >= 4 is 5.96 Å². The Hall–Kier alpha value is -1.17. The molecule has 2 saturated carbocycles. The quantitative estimate of drug-likeness (QED) is 0.445. The zero-order valence-electron chi connectivity index (χ0n) is 11.4. The summed E-state index contributed by atoms with van der Waals surface area (Å²) in [6.45, 7) is 0.540. The maximum atomic E-state index is 5.26. The summed E-state index contributed by atoms with van der Waals surface area (Å²) < 4.78 is 0. The Morgan fingerprint density at radius 3 is 2.72 bits per heavy atom. The topological polar surface area (TPSA) is 36.4 Å². The van der Waals surface area contributed by atoms with E-state index in [0.29, 0.717) is 12.6 Å². The lowest BCUT2D eigenvalue weighted by Gasteiger charge is -2.39. The van der Waals surface area contributed by atoms with Crippen molar-refractivity contribution in [3.05, 3.63) is 0 Å². The molecule has 0 saturated heterocycles. The van der Waals surface area contributed by atoms with Crippen LogP contribution in [0.25, 0.3) is 0 Å². The van der Waals surface area contributed by atoms with Gasteiger partial charge in [-0.1, -0.05) is 31.6 Å². The van der Waals surface area contributed by atoms with Gasteiger partial charge in [0.25, 0.3) is 0 Å². The lowest BCUT2D eigenvalue weighted by Crippen LogP contribution is -2.46. The minimum absolute atomic E-state index is 0.540. The van der Waals surface area contributed by atoms with Crippen LogP contribution in [0.5, 0.6) is 0 Å². The van der Waals surface area contributed by atoms with E-state index < -0.39 is 0 Å². The van der Waals surface area contributed by atoms with Gasteiger partial charge in [-0.05, 0) is 31.1 Å². The third-order valence-electron chi connectivity index (χ3n) is 4.46. The van der Waals surface area contributed by atoms with Crippen LogP contribution in [-0.2, 0) is 0 Å². The highest BCUT2D eigenvalue weighted by Gasteiger charge is 2.32. The summed E-state index contributed by atoms with van der Waals surface area (Å²) in [5, 5.41) is 6.66. The molecule has 0 radical (unpaired) electrons. The molecule has 2 fully saturated rings. The number of fused-ring (bicyclic) bond motifs is 1. The fourth-order valence-corrected chi connectivity index (χ4v) is 3.53. The van der Waals surface area contributed by atoms with Gasteiger partial charge in [0.2, 0.25) is 0 Å². The van der Waals surface area contributed by atoms with Crippen molar-refractivity contribution in [2.45, 2.75) is 51.0 Å². The molecule has 2 aliphatic carbocycles.